The van der Waals surface area contributed by atoms with Gasteiger partial charge in [-0.25, -0.2) is 9.13 Å². The molecular weight excluding hydrogens is 396 g/mol. The van der Waals surface area contributed by atoms with Gasteiger partial charge in [0.15, 0.2) is 11.0 Å². The summed E-state index contributed by atoms with van der Waals surface area (Å²) in [5.41, 5.74) is 2.79. The average molecular weight is 446 g/mol. The molecule has 0 saturated heterocycles. The van der Waals surface area contributed by atoms with Crippen molar-refractivity contribution in [1.82, 2.24) is 4.57 Å². The second-order valence-electron chi connectivity index (χ2n) is 9.25. The molecule has 0 fully saturated rings. The molecule has 2 aromatic rings. The Kier molecular flexibility index (Phi) is 14.9. The van der Waals surface area contributed by atoms with Crippen LogP contribution in [0.15, 0.2) is 30.6 Å². The van der Waals surface area contributed by atoms with E-state index in [1.807, 2.05) is 0 Å². The molecule has 1 aromatic carbocycles. The summed E-state index contributed by atoms with van der Waals surface area (Å²) >= 11 is 2.10. The zero-order valence-electron chi connectivity index (χ0n) is 20.6. The van der Waals surface area contributed by atoms with E-state index in [1.54, 1.807) is 0 Å². The number of para-hydroxylation sites is 2. The van der Waals surface area contributed by atoms with E-state index < -0.39 is 0 Å². The van der Waals surface area contributed by atoms with E-state index in [-0.39, 0.29) is 0 Å². The highest BCUT2D eigenvalue weighted by atomic mass is 32.2. The van der Waals surface area contributed by atoms with Crippen molar-refractivity contribution in [2.75, 3.05) is 5.75 Å². The molecular formula is C28H49N2S+. The van der Waals surface area contributed by atoms with E-state index in [4.69, 9.17) is 0 Å². The van der Waals surface area contributed by atoms with Gasteiger partial charge in [0.05, 0.1) is 6.54 Å². The number of benzene rings is 1. The van der Waals surface area contributed by atoms with Gasteiger partial charge in [-0.15, -0.1) is 11.8 Å². The number of nitrogens with zero attached hydrogens (tertiary/aromatic N) is 2. The SMILES string of the molecule is CCCCCCCCCCCCSC[n+]1cn(CCCCCCCC)c2ccccc21. The third-order valence-electron chi connectivity index (χ3n) is 6.40. The number of fused-ring (bicyclic) bond motifs is 1. The molecule has 0 aliphatic rings. The normalized spacial score (nSPS) is 11.5. The molecule has 0 aliphatic carbocycles. The molecule has 0 unspecified atom stereocenters. The van der Waals surface area contributed by atoms with Crippen LogP contribution in [0.1, 0.15) is 117 Å². The lowest BCUT2D eigenvalue weighted by Crippen LogP contribution is -2.30. The van der Waals surface area contributed by atoms with Gasteiger partial charge in [0, 0.05) is 0 Å². The summed E-state index contributed by atoms with van der Waals surface area (Å²) < 4.78 is 4.95. The maximum atomic E-state index is 2.48. The second-order valence-corrected chi connectivity index (χ2v) is 10.3. The largest absolute Gasteiger partial charge is 0.245 e. The molecule has 0 amide bonds. The monoisotopic (exact) mass is 445 g/mol. The standard InChI is InChI=1S/C28H49N2S/c1-3-5-7-9-11-12-13-14-16-20-24-31-26-30-25-29(23-19-15-10-8-6-4-2)27-21-17-18-22-28(27)30/h17-18,21-22,25H,3-16,19-20,23-24,26H2,1-2H3/q+1. The maximum absolute atomic E-state index is 2.48. The van der Waals surface area contributed by atoms with Gasteiger partial charge in [-0.3, -0.25) is 0 Å². The number of imidazole rings is 1. The van der Waals surface area contributed by atoms with Crippen molar-refractivity contribution >= 4 is 22.8 Å². The van der Waals surface area contributed by atoms with Crippen LogP contribution in [0.4, 0.5) is 0 Å². The maximum Gasteiger partial charge on any atom is 0.245 e. The molecule has 0 bridgehead atoms. The van der Waals surface area contributed by atoms with Gasteiger partial charge in [-0.05, 0) is 37.1 Å². The molecule has 2 nitrogen and oxygen atoms in total. The van der Waals surface area contributed by atoms with E-state index in [1.165, 1.54) is 120 Å². The minimum absolute atomic E-state index is 1.08. The lowest BCUT2D eigenvalue weighted by Gasteiger charge is -2.02. The molecule has 0 saturated carbocycles. The highest BCUT2D eigenvalue weighted by molar-refractivity contribution is 7.98. The van der Waals surface area contributed by atoms with Crippen LogP contribution in [0.25, 0.3) is 11.0 Å². The lowest BCUT2D eigenvalue weighted by atomic mass is 10.1. The zero-order valence-corrected chi connectivity index (χ0v) is 21.4. The Morgan fingerprint density at radius 3 is 1.87 bits per heavy atom. The van der Waals surface area contributed by atoms with Gasteiger partial charge in [0.2, 0.25) is 6.33 Å². The van der Waals surface area contributed by atoms with Crippen LogP contribution in [0.2, 0.25) is 0 Å². The lowest BCUT2D eigenvalue weighted by molar-refractivity contribution is -0.650. The Morgan fingerprint density at radius 2 is 1.23 bits per heavy atom. The van der Waals surface area contributed by atoms with Gasteiger partial charge in [-0.2, -0.15) is 0 Å². The molecule has 0 radical (unpaired) electrons. The summed E-state index contributed by atoms with van der Waals surface area (Å²) in [4.78, 5) is 0. The van der Waals surface area contributed by atoms with Crippen molar-refractivity contribution in [3.05, 3.63) is 30.6 Å². The minimum Gasteiger partial charge on any atom is -0.230 e. The summed E-state index contributed by atoms with van der Waals surface area (Å²) in [5.74, 6) is 2.38. The van der Waals surface area contributed by atoms with Crippen LogP contribution in [-0.2, 0) is 12.4 Å². The molecule has 2 rings (SSSR count). The predicted molar refractivity (Wildman–Crippen MR) is 140 cm³/mol. The van der Waals surface area contributed by atoms with Crippen LogP contribution < -0.4 is 4.57 Å². The Morgan fingerprint density at radius 1 is 0.677 bits per heavy atom. The van der Waals surface area contributed by atoms with Crippen LogP contribution in [0.3, 0.4) is 0 Å². The summed E-state index contributed by atoms with van der Waals surface area (Å²) in [5, 5.41) is 0. The Bertz CT molecular complexity index is 679. The molecule has 1 aromatic heterocycles. The fourth-order valence-electron chi connectivity index (χ4n) is 4.44. The highest BCUT2D eigenvalue weighted by Gasteiger charge is 2.14. The first-order valence-corrected chi connectivity index (χ1v) is 14.6. The smallest absolute Gasteiger partial charge is 0.230 e. The number of hydrogen-bond donors (Lipinski definition) is 0. The Hall–Kier alpha value is -0.960. The predicted octanol–water partition coefficient (Wildman–Crippen LogP) is 8.90. The summed E-state index contributed by atoms with van der Waals surface area (Å²) in [7, 11) is 0. The number of thioether (sulfide) groups is 1. The fourth-order valence-corrected chi connectivity index (χ4v) is 5.38. The van der Waals surface area contributed by atoms with Gasteiger partial charge >= 0.3 is 0 Å². The first kappa shape index (κ1) is 26.3. The van der Waals surface area contributed by atoms with E-state index in [0.29, 0.717) is 0 Å². The fraction of sp³-hybridized carbons (Fsp3) is 0.750. The summed E-state index contributed by atoms with van der Waals surface area (Å²) in [6, 6.07) is 8.94. The quantitative estimate of drug-likeness (QED) is 0.146. The van der Waals surface area contributed by atoms with Crippen molar-refractivity contribution in [3.8, 4) is 0 Å². The van der Waals surface area contributed by atoms with Gasteiger partial charge in [0.25, 0.3) is 0 Å². The molecule has 176 valence electrons. The number of hydrogen-bond acceptors (Lipinski definition) is 1. The number of unbranched alkanes of at least 4 members (excludes halogenated alkanes) is 14. The second kappa shape index (κ2) is 17.6. The summed E-state index contributed by atoms with van der Waals surface area (Å²) in [6.07, 6.45) is 24.8. The highest BCUT2D eigenvalue weighted by Crippen LogP contribution is 2.16. The topological polar surface area (TPSA) is 8.81 Å². The molecule has 0 spiro atoms. The summed E-state index contributed by atoms with van der Waals surface area (Å²) in [6.45, 7) is 5.74. The van der Waals surface area contributed by atoms with Gasteiger partial charge < -0.3 is 0 Å². The first-order valence-electron chi connectivity index (χ1n) is 13.4. The Labute approximate surface area is 197 Å². The van der Waals surface area contributed by atoms with Crippen molar-refractivity contribution in [2.24, 2.45) is 0 Å². The van der Waals surface area contributed by atoms with Crippen molar-refractivity contribution in [1.29, 1.82) is 0 Å². The molecule has 31 heavy (non-hydrogen) atoms. The van der Waals surface area contributed by atoms with Gasteiger partial charge in [-0.1, -0.05) is 109 Å². The van der Waals surface area contributed by atoms with Crippen LogP contribution in [0.5, 0.6) is 0 Å². The van der Waals surface area contributed by atoms with Gasteiger partial charge in [0.1, 0.15) is 5.88 Å². The van der Waals surface area contributed by atoms with Crippen molar-refractivity contribution < 1.29 is 4.57 Å². The number of aryl methyl sites for hydroxylation is 1. The molecule has 0 atom stereocenters. The molecule has 0 N–H and O–H groups in total. The average Bonchev–Trinajstić information content (AvgIpc) is 3.14. The van der Waals surface area contributed by atoms with Crippen molar-refractivity contribution in [3.63, 3.8) is 0 Å². The Balaban J connectivity index is 1.61. The van der Waals surface area contributed by atoms with E-state index in [9.17, 15) is 0 Å². The van der Waals surface area contributed by atoms with E-state index in [2.05, 4.69) is 65.3 Å². The van der Waals surface area contributed by atoms with E-state index in [0.717, 1.165) is 12.4 Å². The number of aromatic nitrogens is 2. The zero-order chi connectivity index (χ0) is 22.0. The van der Waals surface area contributed by atoms with Crippen LogP contribution in [0, 0.1) is 0 Å². The third-order valence-corrected chi connectivity index (χ3v) is 7.44. The minimum atomic E-state index is 1.08. The van der Waals surface area contributed by atoms with Crippen molar-refractivity contribution in [2.45, 2.75) is 129 Å². The molecule has 1 heterocycles. The first-order chi connectivity index (χ1) is 15.4. The molecule has 0 aliphatic heterocycles. The number of rotatable bonds is 20. The van der Waals surface area contributed by atoms with E-state index >= 15 is 0 Å². The van der Waals surface area contributed by atoms with Crippen LogP contribution >= 0.6 is 11.8 Å². The van der Waals surface area contributed by atoms with Crippen LogP contribution in [-0.4, -0.2) is 10.3 Å². The third kappa shape index (κ3) is 10.9. The molecule has 3 heteroatoms.